The molecule has 16 heavy (non-hydrogen) atoms. The van der Waals surface area contributed by atoms with E-state index in [-0.39, 0.29) is 5.82 Å². The molecule has 0 unspecified atom stereocenters. The molecule has 1 aromatic heterocycles. The third-order valence-corrected chi connectivity index (χ3v) is 3.39. The minimum atomic E-state index is -0.169. The molecule has 0 aliphatic carbocycles. The van der Waals surface area contributed by atoms with Crippen LogP contribution in [-0.4, -0.2) is 12.0 Å². The summed E-state index contributed by atoms with van der Waals surface area (Å²) in [6.45, 7) is 0. The quantitative estimate of drug-likeness (QED) is 0.882. The second-order valence-corrected chi connectivity index (χ2v) is 4.63. The fourth-order valence-corrected chi connectivity index (χ4v) is 2.26. The fraction of sp³-hybridized carbons (Fsp3) is 0.250. The first-order valence-electron chi connectivity index (χ1n) is 5.15. The molecule has 0 radical (unpaired) electrons. The number of thiazole rings is 1. The number of rotatable bonds is 4. The van der Waals surface area contributed by atoms with Gasteiger partial charge in [0.2, 0.25) is 0 Å². The van der Waals surface area contributed by atoms with Crippen LogP contribution in [0, 0.1) is 5.82 Å². The van der Waals surface area contributed by atoms with Crippen LogP contribution in [0.15, 0.2) is 30.5 Å². The molecular formula is C12H13FN2S. The van der Waals surface area contributed by atoms with Crippen LogP contribution in [0.25, 0.3) is 0 Å². The fourth-order valence-electron chi connectivity index (χ4n) is 1.50. The number of halogens is 1. The molecule has 4 heteroatoms. The Morgan fingerprint density at radius 2 is 2.25 bits per heavy atom. The van der Waals surface area contributed by atoms with Crippen molar-refractivity contribution in [1.82, 2.24) is 4.98 Å². The highest BCUT2D eigenvalue weighted by molar-refractivity contribution is 7.15. The Labute approximate surface area is 98.2 Å². The van der Waals surface area contributed by atoms with Gasteiger partial charge in [0.15, 0.2) is 5.13 Å². The highest BCUT2D eigenvalue weighted by atomic mass is 32.1. The SMILES string of the molecule is CNc1ncc(CCc2cccc(F)c2)s1. The first kappa shape index (κ1) is 11.1. The highest BCUT2D eigenvalue weighted by Gasteiger charge is 2.01. The van der Waals surface area contributed by atoms with Crippen LogP contribution in [0.4, 0.5) is 9.52 Å². The molecule has 1 heterocycles. The number of hydrogen-bond acceptors (Lipinski definition) is 3. The Morgan fingerprint density at radius 3 is 2.94 bits per heavy atom. The molecule has 2 rings (SSSR count). The van der Waals surface area contributed by atoms with Crippen molar-refractivity contribution in [2.24, 2.45) is 0 Å². The Kier molecular flexibility index (Phi) is 3.51. The predicted octanol–water partition coefficient (Wildman–Crippen LogP) is 3.11. The van der Waals surface area contributed by atoms with Crippen LogP contribution < -0.4 is 5.32 Å². The molecule has 0 amide bonds. The van der Waals surface area contributed by atoms with Gasteiger partial charge in [-0.3, -0.25) is 0 Å². The maximum Gasteiger partial charge on any atom is 0.182 e. The third kappa shape index (κ3) is 2.79. The molecule has 2 aromatic rings. The smallest absolute Gasteiger partial charge is 0.182 e. The van der Waals surface area contributed by atoms with Gasteiger partial charge in [0.25, 0.3) is 0 Å². The highest BCUT2D eigenvalue weighted by Crippen LogP contribution is 2.19. The van der Waals surface area contributed by atoms with Gasteiger partial charge in [-0.2, -0.15) is 0 Å². The molecule has 0 spiro atoms. The summed E-state index contributed by atoms with van der Waals surface area (Å²) < 4.78 is 12.9. The molecule has 84 valence electrons. The van der Waals surface area contributed by atoms with Crippen LogP contribution in [0.3, 0.4) is 0 Å². The zero-order chi connectivity index (χ0) is 11.4. The lowest BCUT2D eigenvalue weighted by Gasteiger charge is -1.99. The van der Waals surface area contributed by atoms with E-state index < -0.39 is 0 Å². The molecule has 0 atom stereocenters. The Bertz CT molecular complexity index is 468. The van der Waals surface area contributed by atoms with Gasteiger partial charge < -0.3 is 5.32 Å². The van der Waals surface area contributed by atoms with Gasteiger partial charge in [-0.25, -0.2) is 9.37 Å². The molecule has 0 aliphatic rings. The van der Waals surface area contributed by atoms with E-state index >= 15 is 0 Å². The number of aryl methyl sites for hydroxylation is 2. The van der Waals surface area contributed by atoms with Crippen LogP contribution >= 0.6 is 11.3 Å². The standard InChI is InChI=1S/C12H13FN2S/c1-14-12-15-8-11(16-12)6-5-9-3-2-4-10(13)7-9/h2-4,7-8H,5-6H2,1H3,(H,14,15). The van der Waals surface area contributed by atoms with Crippen molar-refractivity contribution in [2.45, 2.75) is 12.8 Å². The summed E-state index contributed by atoms with van der Waals surface area (Å²) >= 11 is 1.64. The Morgan fingerprint density at radius 1 is 1.38 bits per heavy atom. The van der Waals surface area contributed by atoms with E-state index in [2.05, 4.69) is 10.3 Å². The van der Waals surface area contributed by atoms with Gasteiger partial charge in [-0.1, -0.05) is 12.1 Å². The Balaban J connectivity index is 1.96. The van der Waals surface area contributed by atoms with E-state index in [1.54, 1.807) is 23.5 Å². The summed E-state index contributed by atoms with van der Waals surface area (Å²) in [5, 5.41) is 3.93. The van der Waals surface area contributed by atoms with Crippen LogP contribution in [0.2, 0.25) is 0 Å². The third-order valence-electron chi connectivity index (χ3n) is 2.32. The lowest BCUT2D eigenvalue weighted by molar-refractivity contribution is 0.625. The van der Waals surface area contributed by atoms with Gasteiger partial charge in [-0.15, -0.1) is 11.3 Å². The van der Waals surface area contributed by atoms with Gasteiger partial charge in [0.1, 0.15) is 5.82 Å². The largest absolute Gasteiger partial charge is 0.365 e. The van der Waals surface area contributed by atoms with Crippen LogP contribution in [0.5, 0.6) is 0 Å². The second-order valence-electron chi connectivity index (χ2n) is 3.51. The normalized spacial score (nSPS) is 10.4. The maximum absolute atomic E-state index is 12.9. The number of hydrogen-bond donors (Lipinski definition) is 1. The molecule has 1 aromatic carbocycles. The summed E-state index contributed by atoms with van der Waals surface area (Å²) in [7, 11) is 1.86. The molecule has 0 bridgehead atoms. The predicted molar refractivity (Wildman–Crippen MR) is 65.5 cm³/mol. The first-order chi connectivity index (χ1) is 7.78. The molecular weight excluding hydrogens is 223 g/mol. The summed E-state index contributed by atoms with van der Waals surface area (Å²) in [4.78, 5) is 5.41. The summed E-state index contributed by atoms with van der Waals surface area (Å²) in [6, 6.07) is 6.74. The molecule has 0 saturated heterocycles. The van der Waals surface area contributed by atoms with Gasteiger partial charge in [-0.05, 0) is 30.5 Å². The monoisotopic (exact) mass is 236 g/mol. The van der Waals surface area contributed by atoms with Gasteiger partial charge >= 0.3 is 0 Å². The van der Waals surface area contributed by atoms with E-state index in [0.717, 1.165) is 23.5 Å². The molecule has 0 saturated carbocycles. The zero-order valence-electron chi connectivity index (χ0n) is 9.03. The van der Waals surface area contributed by atoms with E-state index in [1.165, 1.54) is 10.9 Å². The van der Waals surface area contributed by atoms with Crippen molar-refractivity contribution >= 4 is 16.5 Å². The topological polar surface area (TPSA) is 24.9 Å². The Hall–Kier alpha value is -1.42. The van der Waals surface area contributed by atoms with Crippen molar-refractivity contribution in [2.75, 3.05) is 12.4 Å². The average Bonchev–Trinajstić information content (AvgIpc) is 2.74. The molecule has 0 fully saturated rings. The summed E-state index contributed by atoms with van der Waals surface area (Å²) in [5.74, 6) is -0.169. The average molecular weight is 236 g/mol. The van der Waals surface area contributed by atoms with Crippen LogP contribution in [-0.2, 0) is 12.8 Å². The van der Waals surface area contributed by atoms with Crippen molar-refractivity contribution in [3.63, 3.8) is 0 Å². The van der Waals surface area contributed by atoms with Crippen molar-refractivity contribution in [3.05, 3.63) is 46.7 Å². The zero-order valence-corrected chi connectivity index (χ0v) is 9.85. The molecule has 0 aliphatic heterocycles. The number of nitrogens with zero attached hydrogens (tertiary/aromatic N) is 1. The van der Waals surface area contributed by atoms with E-state index in [1.807, 2.05) is 19.3 Å². The van der Waals surface area contributed by atoms with Crippen LogP contribution in [0.1, 0.15) is 10.4 Å². The van der Waals surface area contributed by atoms with E-state index in [9.17, 15) is 4.39 Å². The maximum atomic E-state index is 12.9. The molecule has 2 nitrogen and oxygen atoms in total. The van der Waals surface area contributed by atoms with Crippen molar-refractivity contribution in [3.8, 4) is 0 Å². The van der Waals surface area contributed by atoms with E-state index in [0.29, 0.717) is 0 Å². The minimum absolute atomic E-state index is 0.169. The van der Waals surface area contributed by atoms with E-state index in [4.69, 9.17) is 0 Å². The second kappa shape index (κ2) is 5.07. The number of nitrogens with one attached hydrogen (secondary N) is 1. The van der Waals surface area contributed by atoms with Gasteiger partial charge in [0.05, 0.1) is 0 Å². The van der Waals surface area contributed by atoms with Crippen molar-refractivity contribution < 1.29 is 4.39 Å². The first-order valence-corrected chi connectivity index (χ1v) is 5.96. The summed E-state index contributed by atoms with van der Waals surface area (Å²) in [6.07, 6.45) is 3.63. The number of anilines is 1. The molecule has 1 N–H and O–H groups in total. The summed E-state index contributed by atoms with van der Waals surface area (Å²) in [5.41, 5.74) is 1.03. The number of aromatic nitrogens is 1. The minimum Gasteiger partial charge on any atom is -0.365 e. The number of benzene rings is 1. The lowest BCUT2D eigenvalue weighted by Crippen LogP contribution is -1.89. The lowest BCUT2D eigenvalue weighted by atomic mass is 10.1. The van der Waals surface area contributed by atoms with Crippen molar-refractivity contribution in [1.29, 1.82) is 0 Å². The van der Waals surface area contributed by atoms with Gasteiger partial charge in [0, 0.05) is 18.1 Å².